The van der Waals surface area contributed by atoms with Crippen LogP contribution in [0.1, 0.15) is 37.0 Å². The van der Waals surface area contributed by atoms with Gasteiger partial charge in [0.1, 0.15) is 11.6 Å². The van der Waals surface area contributed by atoms with Gasteiger partial charge in [0.05, 0.1) is 26.3 Å². The largest absolute Gasteiger partial charge is 0.493 e. The van der Waals surface area contributed by atoms with E-state index in [0.29, 0.717) is 40.6 Å². The highest BCUT2D eigenvalue weighted by atomic mass is 16.5. The Balaban J connectivity index is 1.41. The number of amides is 3. The summed E-state index contributed by atoms with van der Waals surface area (Å²) in [4.78, 5) is 47.6. The summed E-state index contributed by atoms with van der Waals surface area (Å²) in [6.07, 6.45) is 0.505. The maximum atomic E-state index is 13.7. The second-order valence-corrected chi connectivity index (χ2v) is 9.36. The number of fused-ring (bicyclic) bond motifs is 1. The van der Waals surface area contributed by atoms with Gasteiger partial charge < -0.3 is 18.8 Å². The minimum Gasteiger partial charge on any atom is -0.493 e. The first-order valence-electron chi connectivity index (χ1n) is 12.7. The topological polar surface area (TPSA) is 102 Å². The van der Waals surface area contributed by atoms with E-state index in [9.17, 15) is 14.4 Å². The molecule has 4 aromatic rings. The van der Waals surface area contributed by atoms with Crippen LogP contribution in [0.4, 0.5) is 5.69 Å². The third kappa shape index (κ3) is 4.71. The van der Waals surface area contributed by atoms with Gasteiger partial charge in [0.25, 0.3) is 11.8 Å². The number of hydrogen-bond acceptors (Lipinski definition) is 7. The molecule has 0 saturated carbocycles. The Labute approximate surface area is 225 Å². The Morgan fingerprint density at radius 1 is 1.05 bits per heavy atom. The van der Waals surface area contributed by atoms with Crippen LogP contribution in [-0.2, 0) is 9.59 Å². The molecule has 5 rings (SSSR count). The van der Waals surface area contributed by atoms with E-state index in [1.165, 1.54) is 19.1 Å². The van der Waals surface area contributed by atoms with Gasteiger partial charge in [-0.1, -0.05) is 19.1 Å². The number of anilines is 1. The number of benzene rings is 3. The smallest absolute Gasteiger partial charge is 0.257 e. The molecule has 0 spiro atoms. The molecule has 3 amide bonds. The monoisotopic (exact) mass is 527 g/mol. The molecule has 2 heterocycles. The number of carbonyl (C=O) groups excluding carboxylic acids is 3. The van der Waals surface area contributed by atoms with Crippen molar-refractivity contribution in [2.45, 2.75) is 38.8 Å². The second kappa shape index (κ2) is 10.6. The normalized spacial score (nSPS) is 16.0. The zero-order chi connectivity index (χ0) is 27.7. The van der Waals surface area contributed by atoms with Crippen LogP contribution in [0.3, 0.4) is 0 Å². The fourth-order valence-electron chi connectivity index (χ4n) is 4.82. The highest BCUT2D eigenvalue weighted by molar-refractivity contribution is 6.23. The van der Waals surface area contributed by atoms with Crippen LogP contribution in [0, 0.1) is 0 Å². The molecule has 2 unspecified atom stereocenters. The van der Waals surface area contributed by atoms with Crippen molar-refractivity contribution in [2.24, 2.45) is 0 Å². The highest BCUT2D eigenvalue weighted by Gasteiger charge is 2.45. The molecule has 0 radical (unpaired) electrons. The van der Waals surface area contributed by atoms with Crippen LogP contribution >= 0.6 is 0 Å². The van der Waals surface area contributed by atoms with E-state index in [0.717, 1.165) is 16.0 Å². The molecular weight excluding hydrogens is 498 g/mol. The maximum absolute atomic E-state index is 13.7. The molecular formula is C30H29N3O6. The minimum atomic E-state index is -0.926. The zero-order valence-corrected chi connectivity index (χ0v) is 22.2. The summed E-state index contributed by atoms with van der Waals surface area (Å²) in [6.45, 7) is 3.80. The molecule has 39 heavy (non-hydrogen) atoms. The Kier molecular flexibility index (Phi) is 7.06. The van der Waals surface area contributed by atoms with Crippen molar-refractivity contribution in [3.05, 3.63) is 72.3 Å². The number of oxazole rings is 1. The molecule has 0 aliphatic carbocycles. The number of imide groups is 1. The lowest BCUT2D eigenvalue weighted by Gasteiger charge is -2.33. The lowest BCUT2D eigenvalue weighted by molar-refractivity contribution is -0.122. The lowest BCUT2D eigenvalue weighted by Crippen LogP contribution is -2.49. The van der Waals surface area contributed by atoms with Crippen molar-refractivity contribution in [1.82, 2.24) is 9.88 Å². The Hall–Kier alpha value is -4.66. The van der Waals surface area contributed by atoms with Crippen molar-refractivity contribution in [1.29, 1.82) is 0 Å². The Morgan fingerprint density at radius 2 is 1.77 bits per heavy atom. The summed E-state index contributed by atoms with van der Waals surface area (Å²) in [5, 5.41) is 0. The quantitative estimate of drug-likeness (QED) is 0.294. The summed E-state index contributed by atoms with van der Waals surface area (Å²) in [6, 6.07) is 18.0. The van der Waals surface area contributed by atoms with E-state index in [2.05, 4.69) is 4.98 Å². The third-order valence-corrected chi connectivity index (χ3v) is 7.06. The first-order chi connectivity index (χ1) is 18.9. The first-order valence-corrected chi connectivity index (χ1v) is 12.7. The molecule has 2 atom stereocenters. The third-order valence-electron chi connectivity index (χ3n) is 7.06. The molecule has 3 aromatic carbocycles. The van der Waals surface area contributed by atoms with Gasteiger partial charge in [-0.05, 0) is 67.9 Å². The van der Waals surface area contributed by atoms with Crippen molar-refractivity contribution in [3.63, 3.8) is 0 Å². The summed E-state index contributed by atoms with van der Waals surface area (Å²) in [5.41, 5.74) is 2.90. The van der Waals surface area contributed by atoms with Crippen LogP contribution in [0.25, 0.3) is 22.6 Å². The molecule has 1 fully saturated rings. The van der Waals surface area contributed by atoms with Crippen molar-refractivity contribution in [2.75, 3.05) is 19.1 Å². The van der Waals surface area contributed by atoms with Crippen LogP contribution in [-0.4, -0.2) is 53.9 Å². The SMILES string of the molecule is CCC(C)N(C(=O)c1ccc(OC)c(OC)c1)C1CC(=O)N(c2ccc(-c3nc4ccccc4o3)cc2)C1=O. The zero-order valence-electron chi connectivity index (χ0n) is 22.2. The van der Waals surface area contributed by atoms with Gasteiger partial charge in [-0.2, -0.15) is 0 Å². The lowest BCUT2D eigenvalue weighted by atomic mass is 10.1. The van der Waals surface area contributed by atoms with E-state index in [4.69, 9.17) is 13.9 Å². The van der Waals surface area contributed by atoms with Gasteiger partial charge in [0.15, 0.2) is 17.1 Å². The van der Waals surface area contributed by atoms with Crippen LogP contribution in [0.15, 0.2) is 71.1 Å². The molecule has 1 aliphatic heterocycles. The molecule has 0 N–H and O–H groups in total. The fraction of sp³-hybridized carbons (Fsp3) is 0.267. The summed E-state index contributed by atoms with van der Waals surface area (Å²) in [5.74, 6) is 0.176. The summed E-state index contributed by atoms with van der Waals surface area (Å²) < 4.78 is 16.5. The van der Waals surface area contributed by atoms with E-state index in [-0.39, 0.29) is 24.3 Å². The predicted molar refractivity (Wildman–Crippen MR) is 146 cm³/mol. The van der Waals surface area contributed by atoms with Gasteiger partial charge in [0, 0.05) is 17.2 Å². The van der Waals surface area contributed by atoms with Crippen molar-refractivity contribution < 1.29 is 28.3 Å². The summed E-state index contributed by atoms with van der Waals surface area (Å²) >= 11 is 0. The van der Waals surface area contributed by atoms with E-state index < -0.39 is 11.9 Å². The standard InChI is InChI=1S/C30H29N3O6/c1-5-18(2)32(29(35)20-12-15-25(37-3)26(16-20)38-4)23-17-27(34)33(30(23)36)21-13-10-19(11-14-21)28-31-22-8-6-7-9-24(22)39-28/h6-16,18,23H,5,17H2,1-4H3. The van der Waals surface area contributed by atoms with E-state index in [1.54, 1.807) is 42.5 Å². The van der Waals surface area contributed by atoms with E-state index in [1.807, 2.05) is 38.1 Å². The van der Waals surface area contributed by atoms with E-state index >= 15 is 0 Å². The van der Waals surface area contributed by atoms with Gasteiger partial charge in [-0.25, -0.2) is 9.88 Å². The van der Waals surface area contributed by atoms with Gasteiger partial charge in [0.2, 0.25) is 11.8 Å². The van der Waals surface area contributed by atoms with Crippen LogP contribution < -0.4 is 14.4 Å². The number of nitrogens with zero attached hydrogens (tertiary/aromatic N) is 3. The molecule has 1 aliphatic rings. The number of methoxy groups -OCH3 is 2. The number of rotatable bonds is 8. The molecule has 0 bridgehead atoms. The predicted octanol–water partition coefficient (Wildman–Crippen LogP) is 5.08. The Bertz CT molecular complexity index is 1510. The number of ether oxygens (including phenoxy) is 2. The number of carbonyl (C=O) groups is 3. The Morgan fingerprint density at radius 3 is 2.44 bits per heavy atom. The number of para-hydroxylation sites is 2. The fourth-order valence-corrected chi connectivity index (χ4v) is 4.82. The van der Waals surface area contributed by atoms with Gasteiger partial charge in [-0.3, -0.25) is 14.4 Å². The molecule has 9 nitrogen and oxygen atoms in total. The van der Waals surface area contributed by atoms with Crippen LogP contribution in [0.2, 0.25) is 0 Å². The molecule has 200 valence electrons. The second-order valence-electron chi connectivity index (χ2n) is 9.36. The highest BCUT2D eigenvalue weighted by Crippen LogP contribution is 2.33. The average Bonchev–Trinajstić information content (AvgIpc) is 3.53. The number of aromatic nitrogens is 1. The summed E-state index contributed by atoms with van der Waals surface area (Å²) in [7, 11) is 3.01. The number of hydrogen-bond donors (Lipinski definition) is 0. The molecule has 1 aromatic heterocycles. The van der Waals surface area contributed by atoms with Gasteiger partial charge in [-0.15, -0.1) is 0 Å². The maximum Gasteiger partial charge on any atom is 0.257 e. The van der Waals surface area contributed by atoms with Crippen LogP contribution in [0.5, 0.6) is 11.5 Å². The average molecular weight is 528 g/mol. The van der Waals surface area contributed by atoms with Crippen molar-refractivity contribution >= 4 is 34.5 Å². The molecule has 9 heteroatoms. The van der Waals surface area contributed by atoms with Crippen molar-refractivity contribution in [3.8, 4) is 23.0 Å². The molecule has 1 saturated heterocycles. The minimum absolute atomic E-state index is 0.102. The first kappa shape index (κ1) is 26.0. The van der Waals surface area contributed by atoms with Gasteiger partial charge >= 0.3 is 0 Å².